The molecule has 4 nitrogen and oxygen atoms in total. The zero-order valence-electron chi connectivity index (χ0n) is 13.3. The van der Waals surface area contributed by atoms with E-state index in [-0.39, 0.29) is 5.92 Å². The molecular weight excluding hydrogens is 358 g/mol. The number of morpholine rings is 1. The first-order valence-electron chi connectivity index (χ1n) is 8.47. The van der Waals surface area contributed by atoms with Crippen LogP contribution >= 0.6 is 15.9 Å². The summed E-state index contributed by atoms with van der Waals surface area (Å²) in [6.07, 6.45) is 4.43. The average molecular weight is 382 g/mol. The van der Waals surface area contributed by atoms with E-state index in [1.165, 1.54) is 6.42 Å². The van der Waals surface area contributed by atoms with Gasteiger partial charge in [0, 0.05) is 23.6 Å². The molecule has 5 heteroatoms. The number of halogens is 1. The maximum absolute atomic E-state index is 12.1. The van der Waals surface area contributed by atoms with Crippen LogP contribution in [-0.4, -0.2) is 48.3 Å². The summed E-state index contributed by atoms with van der Waals surface area (Å²) in [5, 5.41) is 9.91. The highest BCUT2D eigenvalue weighted by atomic mass is 79.9. The highest BCUT2D eigenvalue weighted by molar-refractivity contribution is 9.10. The summed E-state index contributed by atoms with van der Waals surface area (Å²) in [5.41, 5.74) is 0.922. The molecule has 1 saturated carbocycles. The SMILES string of the molecule is O=C(O)C(c1ccc(Br)cc1)C1CCCC[C@@H]1N1CCOCC1. The predicted octanol–water partition coefficient (Wildman–Crippen LogP) is 3.51. The Bertz CT molecular complexity index is 528. The van der Waals surface area contributed by atoms with Crippen molar-refractivity contribution in [2.45, 2.75) is 37.6 Å². The first-order chi connectivity index (χ1) is 11.2. The van der Waals surface area contributed by atoms with Crippen LogP contribution in [0.3, 0.4) is 0 Å². The van der Waals surface area contributed by atoms with Crippen LogP contribution in [0, 0.1) is 5.92 Å². The smallest absolute Gasteiger partial charge is 0.311 e. The standard InChI is InChI=1S/C18H24BrNO3/c19-14-7-5-13(6-8-14)17(18(21)22)15-3-1-2-4-16(15)20-9-11-23-12-10-20/h5-8,15-17H,1-4,9-12H2,(H,21,22)/t15?,16-,17?/m0/s1. The van der Waals surface area contributed by atoms with Gasteiger partial charge in [0.05, 0.1) is 19.1 Å². The highest BCUT2D eigenvalue weighted by Gasteiger charge is 2.39. The van der Waals surface area contributed by atoms with Gasteiger partial charge >= 0.3 is 5.97 Å². The summed E-state index contributed by atoms with van der Waals surface area (Å²) in [6.45, 7) is 3.38. The largest absolute Gasteiger partial charge is 0.481 e. The molecule has 1 N–H and O–H groups in total. The summed E-state index contributed by atoms with van der Waals surface area (Å²) in [4.78, 5) is 14.5. The molecule has 0 aromatic heterocycles. The molecule has 0 amide bonds. The molecule has 0 radical (unpaired) electrons. The topological polar surface area (TPSA) is 49.8 Å². The van der Waals surface area contributed by atoms with Crippen molar-refractivity contribution in [2.75, 3.05) is 26.3 Å². The van der Waals surface area contributed by atoms with E-state index >= 15 is 0 Å². The van der Waals surface area contributed by atoms with E-state index in [1.807, 2.05) is 24.3 Å². The number of carboxylic acid groups (broad SMARTS) is 1. The van der Waals surface area contributed by atoms with Crippen molar-refractivity contribution in [3.8, 4) is 0 Å². The van der Waals surface area contributed by atoms with E-state index in [4.69, 9.17) is 4.74 Å². The molecule has 2 fully saturated rings. The molecule has 3 rings (SSSR count). The van der Waals surface area contributed by atoms with Crippen LogP contribution in [0.2, 0.25) is 0 Å². The summed E-state index contributed by atoms with van der Waals surface area (Å²) in [5.74, 6) is -0.936. The van der Waals surface area contributed by atoms with Gasteiger partial charge in [-0.25, -0.2) is 0 Å². The molecule has 1 aromatic rings. The summed E-state index contributed by atoms with van der Waals surface area (Å²) in [7, 11) is 0. The minimum absolute atomic E-state index is 0.181. The van der Waals surface area contributed by atoms with Crippen LogP contribution in [0.1, 0.15) is 37.2 Å². The number of hydrogen-bond acceptors (Lipinski definition) is 3. The molecule has 1 saturated heterocycles. The number of aliphatic carboxylic acids is 1. The van der Waals surface area contributed by atoms with Crippen molar-refractivity contribution in [1.29, 1.82) is 0 Å². The number of rotatable bonds is 4. The van der Waals surface area contributed by atoms with Gasteiger partial charge in [-0.15, -0.1) is 0 Å². The molecule has 1 aliphatic carbocycles. The van der Waals surface area contributed by atoms with E-state index in [0.717, 1.165) is 55.6 Å². The molecule has 2 aliphatic rings. The maximum Gasteiger partial charge on any atom is 0.311 e. The Kier molecular flexibility index (Phi) is 5.72. The highest BCUT2D eigenvalue weighted by Crippen LogP contribution is 2.39. The number of carbonyl (C=O) groups is 1. The lowest BCUT2D eigenvalue weighted by atomic mass is 9.73. The van der Waals surface area contributed by atoms with Gasteiger partial charge in [-0.1, -0.05) is 40.9 Å². The molecule has 1 aromatic carbocycles. The number of benzene rings is 1. The minimum Gasteiger partial charge on any atom is -0.481 e. The third-order valence-corrected chi connectivity index (χ3v) is 5.75. The van der Waals surface area contributed by atoms with E-state index in [1.54, 1.807) is 0 Å². The summed E-state index contributed by atoms with van der Waals surface area (Å²) >= 11 is 3.43. The van der Waals surface area contributed by atoms with Gasteiger partial charge in [-0.05, 0) is 36.5 Å². The molecule has 1 aliphatic heterocycles. The van der Waals surface area contributed by atoms with E-state index in [9.17, 15) is 9.90 Å². The van der Waals surface area contributed by atoms with Crippen molar-refractivity contribution >= 4 is 21.9 Å². The zero-order chi connectivity index (χ0) is 16.2. The third-order valence-electron chi connectivity index (χ3n) is 5.22. The van der Waals surface area contributed by atoms with E-state index < -0.39 is 11.9 Å². The minimum atomic E-state index is -0.697. The van der Waals surface area contributed by atoms with Gasteiger partial charge in [0.1, 0.15) is 0 Å². The Hall–Kier alpha value is -0.910. The third kappa shape index (κ3) is 3.95. The Morgan fingerprint density at radius 2 is 1.83 bits per heavy atom. The van der Waals surface area contributed by atoms with Crippen LogP contribution in [0.15, 0.2) is 28.7 Å². The fraction of sp³-hybridized carbons (Fsp3) is 0.611. The molecule has 0 spiro atoms. The van der Waals surface area contributed by atoms with Crippen molar-refractivity contribution in [2.24, 2.45) is 5.92 Å². The molecule has 126 valence electrons. The lowest BCUT2D eigenvalue weighted by Gasteiger charge is -2.43. The number of hydrogen-bond donors (Lipinski definition) is 1. The quantitative estimate of drug-likeness (QED) is 0.866. The molecule has 1 heterocycles. The Morgan fingerprint density at radius 1 is 1.17 bits per heavy atom. The predicted molar refractivity (Wildman–Crippen MR) is 92.7 cm³/mol. The van der Waals surface area contributed by atoms with Crippen molar-refractivity contribution in [1.82, 2.24) is 4.90 Å². The Balaban J connectivity index is 1.86. The van der Waals surface area contributed by atoms with Crippen LogP contribution in [0.4, 0.5) is 0 Å². The first kappa shape index (κ1) is 16.9. The van der Waals surface area contributed by atoms with E-state index in [0.29, 0.717) is 6.04 Å². The zero-order valence-corrected chi connectivity index (χ0v) is 14.9. The fourth-order valence-corrected chi connectivity index (χ4v) is 4.40. The number of carboxylic acids is 1. The Labute approximate surface area is 145 Å². The molecule has 2 unspecified atom stereocenters. The molecule has 3 atom stereocenters. The second-order valence-corrected chi connectivity index (χ2v) is 7.45. The van der Waals surface area contributed by atoms with Crippen LogP contribution in [0.5, 0.6) is 0 Å². The van der Waals surface area contributed by atoms with Gasteiger partial charge < -0.3 is 9.84 Å². The van der Waals surface area contributed by atoms with Crippen molar-refractivity contribution in [3.05, 3.63) is 34.3 Å². The summed E-state index contributed by atoms with van der Waals surface area (Å²) in [6, 6.07) is 8.15. The first-order valence-corrected chi connectivity index (χ1v) is 9.26. The molecule has 0 bridgehead atoms. The Morgan fingerprint density at radius 3 is 2.48 bits per heavy atom. The normalized spacial score (nSPS) is 27.5. The van der Waals surface area contributed by atoms with Gasteiger partial charge in [-0.2, -0.15) is 0 Å². The number of ether oxygens (including phenoxy) is 1. The van der Waals surface area contributed by atoms with Gasteiger partial charge in [-0.3, -0.25) is 9.69 Å². The van der Waals surface area contributed by atoms with Crippen LogP contribution < -0.4 is 0 Å². The van der Waals surface area contributed by atoms with Crippen LogP contribution in [-0.2, 0) is 9.53 Å². The maximum atomic E-state index is 12.1. The molecule has 23 heavy (non-hydrogen) atoms. The van der Waals surface area contributed by atoms with Gasteiger partial charge in [0.25, 0.3) is 0 Å². The van der Waals surface area contributed by atoms with Gasteiger partial charge in [0.15, 0.2) is 0 Å². The average Bonchev–Trinajstić information content (AvgIpc) is 2.58. The van der Waals surface area contributed by atoms with Crippen LogP contribution in [0.25, 0.3) is 0 Å². The fourth-order valence-electron chi connectivity index (χ4n) is 4.13. The number of nitrogens with zero attached hydrogens (tertiary/aromatic N) is 1. The second kappa shape index (κ2) is 7.77. The van der Waals surface area contributed by atoms with Crippen molar-refractivity contribution < 1.29 is 14.6 Å². The van der Waals surface area contributed by atoms with Crippen molar-refractivity contribution in [3.63, 3.8) is 0 Å². The lowest BCUT2D eigenvalue weighted by Crippen LogP contribution is -2.50. The summed E-state index contributed by atoms with van der Waals surface area (Å²) < 4.78 is 6.45. The monoisotopic (exact) mass is 381 g/mol. The molecular formula is C18H24BrNO3. The lowest BCUT2D eigenvalue weighted by molar-refractivity contribution is -0.141. The van der Waals surface area contributed by atoms with E-state index in [2.05, 4.69) is 20.8 Å². The van der Waals surface area contributed by atoms with Gasteiger partial charge in [0.2, 0.25) is 0 Å². The second-order valence-electron chi connectivity index (χ2n) is 6.53.